The summed E-state index contributed by atoms with van der Waals surface area (Å²) in [6.45, 7) is 5.57. The van der Waals surface area contributed by atoms with E-state index >= 15 is 0 Å². The van der Waals surface area contributed by atoms with Crippen molar-refractivity contribution in [1.29, 1.82) is 0 Å². The van der Waals surface area contributed by atoms with E-state index in [1.54, 1.807) is 0 Å². The summed E-state index contributed by atoms with van der Waals surface area (Å²) in [6.07, 6.45) is 8.20. The Morgan fingerprint density at radius 3 is 2.91 bits per heavy atom. The largest absolute Gasteiger partial charge is 0.302 e. The summed E-state index contributed by atoms with van der Waals surface area (Å²) in [4.78, 5) is 11.9. The monoisotopic (exact) mass is 307 g/mol. The van der Waals surface area contributed by atoms with E-state index in [0.717, 1.165) is 25.2 Å². The molecule has 0 amide bonds. The normalized spacial score (nSPS) is 24.0. The number of aromatic nitrogens is 2. The molecule has 3 heteroatoms. The SMILES string of the molecule is Cc1ncc2c(n1)C1(CCCN(CCc3ccccc3)C1)CC2. The van der Waals surface area contributed by atoms with Gasteiger partial charge in [-0.05, 0) is 56.7 Å². The molecule has 1 aliphatic heterocycles. The van der Waals surface area contributed by atoms with Gasteiger partial charge in [-0.3, -0.25) is 0 Å². The molecule has 3 nitrogen and oxygen atoms in total. The molecule has 0 radical (unpaired) electrons. The Labute approximate surface area is 138 Å². The lowest BCUT2D eigenvalue weighted by molar-refractivity contribution is 0.144. The minimum Gasteiger partial charge on any atom is -0.302 e. The molecule has 0 N–H and O–H groups in total. The molecule has 1 fully saturated rings. The molecule has 2 heterocycles. The van der Waals surface area contributed by atoms with Crippen LogP contribution < -0.4 is 0 Å². The first kappa shape index (κ1) is 14.8. The van der Waals surface area contributed by atoms with Gasteiger partial charge in [-0.15, -0.1) is 0 Å². The highest BCUT2D eigenvalue weighted by Gasteiger charge is 2.43. The number of aryl methyl sites for hydroxylation is 2. The van der Waals surface area contributed by atoms with Crippen LogP contribution in [-0.2, 0) is 18.3 Å². The molecule has 1 aromatic carbocycles. The molecular formula is C20H25N3. The van der Waals surface area contributed by atoms with Crippen LogP contribution in [0.3, 0.4) is 0 Å². The van der Waals surface area contributed by atoms with Crippen LogP contribution in [0.1, 0.15) is 41.9 Å². The fourth-order valence-corrected chi connectivity index (χ4v) is 4.38. The standard InChI is InChI=1S/C20H25N3/c1-16-21-14-18-8-11-20(19(18)22-16)10-5-12-23(15-20)13-9-17-6-3-2-4-7-17/h2-4,6-7,14H,5,8-13,15H2,1H3. The zero-order valence-corrected chi connectivity index (χ0v) is 14.0. The van der Waals surface area contributed by atoms with Gasteiger partial charge >= 0.3 is 0 Å². The van der Waals surface area contributed by atoms with Crippen molar-refractivity contribution in [2.24, 2.45) is 0 Å². The van der Waals surface area contributed by atoms with Gasteiger partial charge in [0, 0.05) is 24.7 Å². The summed E-state index contributed by atoms with van der Waals surface area (Å²) in [7, 11) is 0. The first-order chi connectivity index (χ1) is 11.3. The molecule has 1 atom stereocenters. The highest BCUT2D eigenvalue weighted by atomic mass is 15.1. The zero-order chi connectivity index (χ0) is 15.7. The van der Waals surface area contributed by atoms with Crippen molar-refractivity contribution < 1.29 is 0 Å². The average Bonchev–Trinajstić information content (AvgIpc) is 2.92. The minimum atomic E-state index is 0.290. The lowest BCUT2D eigenvalue weighted by Crippen LogP contribution is -2.46. The van der Waals surface area contributed by atoms with Crippen LogP contribution in [0.25, 0.3) is 0 Å². The highest BCUT2D eigenvalue weighted by Crippen LogP contribution is 2.43. The second-order valence-electron chi connectivity index (χ2n) is 7.19. The molecule has 2 aromatic rings. The van der Waals surface area contributed by atoms with E-state index < -0.39 is 0 Å². The van der Waals surface area contributed by atoms with Gasteiger partial charge in [-0.25, -0.2) is 9.97 Å². The third-order valence-corrected chi connectivity index (χ3v) is 5.58. The van der Waals surface area contributed by atoms with Gasteiger partial charge in [-0.2, -0.15) is 0 Å². The smallest absolute Gasteiger partial charge is 0.125 e. The third-order valence-electron chi connectivity index (χ3n) is 5.58. The number of likely N-dealkylation sites (tertiary alicyclic amines) is 1. The first-order valence-corrected chi connectivity index (χ1v) is 8.84. The van der Waals surface area contributed by atoms with Crippen molar-refractivity contribution in [3.05, 3.63) is 59.2 Å². The molecule has 0 saturated carbocycles. The second kappa shape index (κ2) is 6.04. The lowest BCUT2D eigenvalue weighted by Gasteiger charge is -2.40. The van der Waals surface area contributed by atoms with Crippen LogP contribution >= 0.6 is 0 Å². The van der Waals surface area contributed by atoms with Gasteiger partial charge in [0.2, 0.25) is 0 Å². The summed E-state index contributed by atoms with van der Waals surface area (Å²) in [5, 5.41) is 0. The molecule has 1 spiro atoms. The van der Waals surface area contributed by atoms with Crippen LogP contribution in [0, 0.1) is 6.92 Å². The summed E-state index contributed by atoms with van der Waals surface area (Å²) in [5.74, 6) is 0.923. The Hall–Kier alpha value is -1.74. The fraction of sp³-hybridized carbons (Fsp3) is 0.500. The second-order valence-corrected chi connectivity index (χ2v) is 7.19. The molecule has 0 bridgehead atoms. The number of rotatable bonds is 3. The van der Waals surface area contributed by atoms with Crippen molar-refractivity contribution in [3.8, 4) is 0 Å². The number of fused-ring (bicyclic) bond motifs is 2. The van der Waals surface area contributed by atoms with E-state index in [0.29, 0.717) is 0 Å². The number of piperidine rings is 1. The Bertz CT molecular complexity index is 679. The van der Waals surface area contributed by atoms with E-state index in [1.165, 1.54) is 49.2 Å². The van der Waals surface area contributed by atoms with Gasteiger partial charge in [0.1, 0.15) is 5.82 Å². The van der Waals surface area contributed by atoms with Crippen molar-refractivity contribution in [3.63, 3.8) is 0 Å². The molecule has 1 saturated heterocycles. The van der Waals surface area contributed by atoms with Crippen molar-refractivity contribution in [2.45, 2.75) is 44.4 Å². The Morgan fingerprint density at radius 1 is 1.17 bits per heavy atom. The van der Waals surface area contributed by atoms with E-state index in [1.807, 2.05) is 6.92 Å². The quantitative estimate of drug-likeness (QED) is 0.871. The zero-order valence-electron chi connectivity index (χ0n) is 14.0. The number of hydrogen-bond donors (Lipinski definition) is 0. The summed E-state index contributed by atoms with van der Waals surface area (Å²) >= 11 is 0. The van der Waals surface area contributed by atoms with Crippen molar-refractivity contribution in [2.75, 3.05) is 19.6 Å². The maximum Gasteiger partial charge on any atom is 0.125 e. The molecular weight excluding hydrogens is 282 g/mol. The summed E-state index contributed by atoms with van der Waals surface area (Å²) < 4.78 is 0. The van der Waals surface area contributed by atoms with Crippen LogP contribution in [0.5, 0.6) is 0 Å². The molecule has 1 unspecified atom stereocenters. The molecule has 1 aliphatic carbocycles. The van der Waals surface area contributed by atoms with Gasteiger partial charge in [0.15, 0.2) is 0 Å². The van der Waals surface area contributed by atoms with E-state index in [-0.39, 0.29) is 5.41 Å². The molecule has 23 heavy (non-hydrogen) atoms. The van der Waals surface area contributed by atoms with Crippen LogP contribution in [-0.4, -0.2) is 34.5 Å². The maximum absolute atomic E-state index is 4.85. The van der Waals surface area contributed by atoms with E-state index in [4.69, 9.17) is 4.98 Å². The molecule has 4 rings (SSSR count). The number of benzene rings is 1. The Kier molecular flexibility index (Phi) is 3.90. The van der Waals surface area contributed by atoms with Gasteiger partial charge in [0.05, 0.1) is 5.69 Å². The van der Waals surface area contributed by atoms with E-state index in [9.17, 15) is 0 Å². The lowest BCUT2D eigenvalue weighted by atomic mass is 9.77. The molecule has 120 valence electrons. The van der Waals surface area contributed by atoms with Crippen LogP contribution in [0.4, 0.5) is 0 Å². The first-order valence-electron chi connectivity index (χ1n) is 8.84. The number of hydrogen-bond acceptors (Lipinski definition) is 3. The minimum absolute atomic E-state index is 0.290. The highest BCUT2D eigenvalue weighted by molar-refractivity contribution is 5.33. The van der Waals surface area contributed by atoms with Crippen molar-refractivity contribution >= 4 is 0 Å². The van der Waals surface area contributed by atoms with Crippen LogP contribution in [0.2, 0.25) is 0 Å². The maximum atomic E-state index is 4.85. The average molecular weight is 307 g/mol. The Morgan fingerprint density at radius 2 is 2.04 bits per heavy atom. The third kappa shape index (κ3) is 2.90. The van der Waals surface area contributed by atoms with Gasteiger partial charge in [-0.1, -0.05) is 30.3 Å². The van der Waals surface area contributed by atoms with E-state index in [2.05, 4.69) is 46.4 Å². The molecule has 1 aromatic heterocycles. The van der Waals surface area contributed by atoms with Gasteiger partial charge in [0.25, 0.3) is 0 Å². The predicted octanol–water partition coefficient (Wildman–Crippen LogP) is 3.31. The van der Waals surface area contributed by atoms with Crippen molar-refractivity contribution in [1.82, 2.24) is 14.9 Å². The topological polar surface area (TPSA) is 29.0 Å². The molecule has 2 aliphatic rings. The number of nitrogens with zero attached hydrogens (tertiary/aromatic N) is 3. The predicted molar refractivity (Wildman–Crippen MR) is 92.6 cm³/mol. The van der Waals surface area contributed by atoms with Gasteiger partial charge < -0.3 is 4.90 Å². The Balaban J connectivity index is 1.49. The van der Waals surface area contributed by atoms with Crippen LogP contribution in [0.15, 0.2) is 36.5 Å². The summed E-state index contributed by atoms with van der Waals surface area (Å²) in [6, 6.07) is 10.8. The fourth-order valence-electron chi connectivity index (χ4n) is 4.38. The summed E-state index contributed by atoms with van der Waals surface area (Å²) in [5.41, 5.74) is 4.48.